The molecule has 1 fully saturated rings. The minimum Gasteiger partial charge on any atom is -0.508 e. The van der Waals surface area contributed by atoms with E-state index in [1.807, 2.05) is 0 Å². The van der Waals surface area contributed by atoms with Crippen molar-refractivity contribution in [3.63, 3.8) is 0 Å². The van der Waals surface area contributed by atoms with Crippen molar-refractivity contribution >= 4 is 35.8 Å². The molecule has 306 valence electrons. The van der Waals surface area contributed by atoms with Gasteiger partial charge in [-0.1, -0.05) is 12.1 Å². The fourth-order valence-corrected chi connectivity index (χ4v) is 6.83. The van der Waals surface area contributed by atoms with Crippen LogP contribution in [0, 0.1) is 0 Å². The molecule has 10 N–H and O–H groups in total. The van der Waals surface area contributed by atoms with E-state index in [1.165, 1.54) is 30.3 Å². The summed E-state index contributed by atoms with van der Waals surface area (Å²) in [4.78, 5) is 52.1. The van der Waals surface area contributed by atoms with Gasteiger partial charge in [-0.05, 0) is 65.7 Å². The topological polar surface area (TPSA) is 317 Å². The summed E-state index contributed by atoms with van der Waals surface area (Å²) in [5.74, 6) is -15.7. The van der Waals surface area contributed by atoms with Gasteiger partial charge >= 0.3 is 29.5 Å². The largest absolute Gasteiger partial charge is 0.508 e. The van der Waals surface area contributed by atoms with Crippen LogP contribution in [0.1, 0.15) is 39.9 Å². The highest BCUT2D eigenvalue weighted by molar-refractivity contribution is 6.08. The summed E-state index contributed by atoms with van der Waals surface area (Å²) < 4.78 is 28.4. The summed E-state index contributed by atoms with van der Waals surface area (Å²) in [7, 11) is 0. The number of benzene rings is 4. The van der Waals surface area contributed by atoms with Crippen molar-refractivity contribution in [2.45, 2.75) is 48.3 Å². The number of ketones is 1. The van der Waals surface area contributed by atoms with Gasteiger partial charge in [-0.3, -0.25) is 4.79 Å². The first kappa shape index (κ1) is 39.7. The van der Waals surface area contributed by atoms with Crippen LogP contribution in [-0.4, -0.2) is 104 Å². The van der Waals surface area contributed by atoms with E-state index in [9.17, 15) is 70.2 Å². The van der Waals surface area contributed by atoms with E-state index in [0.29, 0.717) is 0 Å². The summed E-state index contributed by atoms with van der Waals surface area (Å²) >= 11 is 0. The van der Waals surface area contributed by atoms with Gasteiger partial charge in [0.2, 0.25) is 5.60 Å². The number of carbonyl (C=O) groups excluding carboxylic acids is 3. The minimum absolute atomic E-state index is 0.139. The van der Waals surface area contributed by atoms with Gasteiger partial charge in [0.15, 0.2) is 34.5 Å². The van der Waals surface area contributed by atoms with Crippen LogP contribution >= 0.6 is 0 Å². The molecule has 1 saturated carbocycles. The third-order valence-electron chi connectivity index (χ3n) is 9.76. The lowest BCUT2D eigenvalue weighted by Crippen LogP contribution is -2.70. The zero-order valence-electron chi connectivity index (χ0n) is 30.0. The molecule has 0 aromatic heterocycles. The lowest BCUT2D eigenvalue weighted by atomic mass is 9.79. The number of phenols is 6. The van der Waals surface area contributed by atoms with E-state index >= 15 is 0 Å². The van der Waals surface area contributed by atoms with Crippen LogP contribution < -0.4 is 14.2 Å². The molecule has 0 radical (unpaired) electrons. The Balaban J connectivity index is 1.13. The first-order valence-corrected chi connectivity index (χ1v) is 17.3. The van der Waals surface area contributed by atoms with Gasteiger partial charge in [-0.25, -0.2) is 14.4 Å². The highest BCUT2D eigenvalue weighted by Crippen LogP contribution is 2.55. The fraction of sp³-hybridized carbons (Fsp3) is 0.200. The Morgan fingerprint density at radius 3 is 1.98 bits per heavy atom. The number of esters is 2. The van der Waals surface area contributed by atoms with Gasteiger partial charge in [-0.15, -0.1) is 0 Å². The van der Waals surface area contributed by atoms with E-state index in [2.05, 4.69) is 0 Å². The summed E-state index contributed by atoms with van der Waals surface area (Å²) in [5.41, 5.74) is -2.96. The Labute approximate surface area is 330 Å². The number of carbonyl (C=O) groups is 4. The number of ether oxygens (including phenoxy) is 5. The quantitative estimate of drug-likeness (QED) is 0.0691. The first-order valence-electron chi connectivity index (χ1n) is 17.3. The van der Waals surface area contributed by atoms with Crippen molar-refractivity contribution in [2.24, 2.45) is 0 Å². The second kappa shape index (κ2) is 14.5. The van der Waals surface area contributed by atoms with E-state index in [0.717, 1.165) is 60.7 Å². The molecule has 1 aliphatic carbocycles. The average Bonchev–Trinajstić information content (AvgIpc) is 3.17. The van der Waals surface area contributed by atoms with Crippen molar-refractivity contribution < 1.29 is 93.9 Å². The molecular weight excluding hydrogens is 784 g/mol. The summed E-state index contributed by atoms with van der Waals surface area (Å²) in [6.07, 6.45) is -2.84. The molecule has 0 saturated heterocycles. The van der Waals surface area contributed by atoms with Crippen molar-refractivity contribution in [1.82, 2.24) is 0 Å². The van der Waals surface area contributed by atoms with Gasteiger partial charge in [-0.2, -0.15) is 0 Å². The molecule has 19 nitrogen and oxygen atoms in total. The predicted octanol–water partition coefficient (Wildman–Crippen LogP) is 2.03. The maximum atomic E-state index is 13.9. The Morgan fingerprint density at radius 2 is 1.31 bits per heavy atom. The molecule has 2 unspecified atom stereocenters. The van der Waals surface area contributed by atoms with Crippen LogP contribution in [0.25, 0.3) is 12.2 Å². The van der Waals surface area contributed by atoms with Gasteiger partial charge in [0, 0.05) is 42.7 Å². The van der Waals surface area contributed by atoms with E-state index in [1.54, 1.807) is 0 Å². The molecule has 4 aromatic rings. The molecular formula is C40H32O19. The number of hydrogen-bond donors (Lipinski definition) is 10. The van der Waals surface area contributed by atoms with Crippen molar-refractivity contribution in [3.05, 3.63) is 101 Å². The van der Waals surface area contributed by atoms with Gasteiger partial charge in [0.1, 0.15) is 35.0 Å². The summed E-state index contributed by atoms with van der Waals surface area (Å²) in [6.45, 7) is 0. The SMILES string of the molecule is O=C(C=Cc1ccc(O)c(O)c1)O[C@@H]1C[C@@](OC(=O)C=Cc2ccc3c(c2)OC2(c4ccc(O)c(O)c4)Oc4cc(O)cc(O)c4C(=O)C2(O)O3)(C(=O)O)C[C@@H](O)[C@@H]1O. The second-order valence-electron chi connectivity index (χ2n) is 13.7. The monoisotopic (exact) mass is 816 g/mol. The third-order valence-corrected chi connectivity index (χ3v) is 9.76. The molecule has 6 atom stereocenters. The smallest absolute Gasteiger partial charge is 0.357 e. The normalized spacial score (nSPS) is 25.7. The molecule has 0 amide bonds. The second-order valence-corrected chi connectivity index (χ2v) is 13.7. The highest BCUT2D eigenvalue weighted by atomic mass is 16.8. The number of Topliss-reactive ketones (excluding diaryl/α,β-unsaturated/α-hetero) is 1. The molecule has 4 aromatic carbocycles. The molecule has 7 rings (SSSR count). The molecule has 59 heavy (non-hydrogen) atoms. The third kappa shape index (κ3) is 6.98. The summed E-state index contributed by atoms with van der Waals surface area (Å²) in [6, 6.07) is 12.2. The lowest BCUT2D eigenvalue weighted by Gasteiger charge is -2.50. The number of phenolic OH excluding ortho intramolecular Hbond substituents is 6. The standard InChI is InChI=1S/C40H32O19/c41-21-14-26(46)34-30(15-21)58-40(20-5-7-23(43)25(45)13-20)39(54,36(34)51)56-28-8-2-19(12-29(28)57-40)4-10-33(49)59-38(37(52)53)16-27(47)35(50)31(17-38)55-32(48)9-3-18-1-6-22(42)24(44)11-18/h1-15,27,31,35,41-47,50,54H,16-17H2,(H,52,53)/t27-,31-,35+,38-,39?,40?/m1/s1. The number of rotatable bonds is 8. The Bertz CT molecular complexity index is 2480. The van der Waals surface area contributed by atoms with Crippen LogP contribution in [0.5, 0.6) is 51.7 Å². The van der Waals surface area contributed by atoms with Gasteiger partial charge < -0.3 is 74.7 Å². The van der Waals surface area contributed by atoms with E-state index in [-0.39, 0.29) is 28.2 Å². The zero-order valence-corrected chi connectivity index (χ0v) is 30.0. The average molecular weight is 817 g/mol. The van der Waals surface area contributed by atoms with E-state index in [4.69, 9.17) is 23.7 Å². The van der Waals surface area contributed by atoms with Crippen LogP contribution in [-0.2, 0) is 29.6 Å². The van der Waals surface area contributed by atoms with Crippen molar-refractivity contribution in [3.8, 4) is 51.7 Å². The molecule has 0 bridgehead atoms. The number of carboxylic acid groups (broad SMARTS) is 1. The first-order chi connectivity index (χ1) is 27.8. The lowest BCUT2D eigenvalue weighted by molar-refractivity contribution is -0.316. The fourth-order valence-electron chi connectivity index (χ4n) is 6.83. The maximum absolute atomic E-state index is 13.9. The Morgan fingerprint density at radius 1 is 0.678 bits per heavy atom. The van der Waals surface area contributed by atoms with Gasteiger partial charge in [0.25, 0.3) is 5.78 Å². The minimum atomic E-state index is -3.12. The Kier molecular flexibility index (Phi) is 9.75. The molecule has 3 aliphatic rings. The molecule has 2 heterocycles. The van der Waals surface area contributed by atoms with E-state index < -0.39 is 118 Å². The number of fused-ring (bicyclic) bond motifs is 3. The number of aliphatic hydroxyl groups excluding tert-OH is 2. The van der Waals surface area contributed by atoms with Crippen LogP contribution in [0.2, 0.25) is 0 Å². The molecule has 19 heteroatoms. The van der Waals surface area contributed by atoms with Crippen molar-refractivity contribution in [2.75, 3.05) is 0 Å². The van der Waals surface area contributed by atoms with Crippen LogP contribution in [0.4, 0.5) is 0 Å². The maximum Gasteiger partial charge on any atom is 0.357 e. The summed E-state index contributed by atoms with van der Waals surface area (Å²) in [5, 5.41) is 103. The number of aromatic hydroxyl groups is 6. The van der Waals surface area contributed by atoms with Crippen molar-refractivity contribution in [1.29, 1.82) is 0 Å². The Hall–Kier alpha value is -7.48. The molecule has 0 spiro atoms. The predicted molar refractivity (Wildman–Crippen MR) is 194 cm³/mol. The number of carboxylic acids is 1. The number of aliphatic hydroxyl groups is 3. The van der Waals surface area contributed by atoms with Crippen LogP contribution in [0.3, 0.4) is 0 Å². The molecule has 2 aliphatic heterocycles. The highest BCUT2D eigenvalue weighted by Gasteiger charge is 2.71. The number of hydrogen-bond acceptors (Lipinski definition) is 18. The van der Waals surface area contributed by atoms with Gasteiger partial charge in [0.05, 0.1) is 6.10 Å². The zero-order chi connectivity index (χ0) is 42.6. The van der Waals surface area contributed by atoms with Crippen LogP contribution in [0.15, 0.2) is 78.9 Å². The number of aliphatic carboxylic acids is 1.